The van der Waals surface area contributed by atoms with Gasteiger partial charge in [0.05, 0.1) is 11.7 Å². The van der Waals surface area contributed by atoms with Gasteiger partial charge in [0, 0.05) is 12.6 Å². The zero-order valence-corrected chi connectivity index (χ0v) is 29.0. The van der Waals surface area contributed by atoms with Gasteiger partial charge in [-0.25, -0.2) is 14.2 Å². The van der Waals surface area contributed by atoms with Crippen LogP contribution >= 0.6 is 7.82 Å². The maximum Gasteiger partial charge on any atom is 0.470 e. The molecule has 0 spiro atoms. The van der Waals surface area contributed by atoms with E-state index in [2.05, 4.69) is 6.92 Å². The molecule has 2 aromatic carbocycles. The van der Waals surface area contributed by atoms with Gasteiger partial charge in [-0.1, -0.05) is 99.7 Å². The molecule has 0 radical (unpaired) electrons. The van der Waals surface area contributed by atoms with Crippen molar-refractivity contribution < 1.29 is 57.6 Å². The number of unbranched alkanes of at least 4 members (excludes halogenated alkanes) is 6. The second-order valence-corrected chi connectivity index (χ2v) is 12.8. The minimum absolute atomic E-state index is 0.0230. The third kappa shape index (κ3) is 14.3. The summed E-state index contributed by atoms with van der Waals surface area (Å²) in [5.74, 6) is -1.55. The van der Waals surface area contributed by atoms with Crippen LogP contribution in [0.1, 0.15) is 73.9 Å². The number of phosphoric acid groups is 1. The molecule has 1 aliphatic rings. The number of hydrogen-bond acceptors (Lipinski definition) is 11. The summed E-state index contributed by atoms with van der Waals surface area (Å²) in [4.78, 5) is 44.9. The van der Waals surface area contributed by atoms with Gasteiger partial charge in [0.25, 0.3) is 0 Å². The molecule has 0 bridgehead atoms. The second-order valence-electron chi connectivity index (χ2n) is 11.6. The predicted octanol–water partition coefficient (Wildman–Crippen LogP) is 4.81. The smallest absolute Gasteiger partial charge is 0.461 e. The van der Waals surface area contributed by atoms with Crippen LogP contribution in [0.4, 0.5) is 0 Å². The highest BCUT2D eigenvalue weighted by molar-refractivity contribution is 7.46. The van der Waals surface area contributed by atoms with E-state index in [-0.39, 0.29) is 17.9 Å². The average Bonchev–Trinajstić information content (AvgIpc) is 3.10. The molecule has 0 amide bonds. The fraction of sp³-hybridized carbons (Fsp3) is 0.444. The Morgan fingerprint density at radius 3 is 2.30 bits per heavy atom. The van der Waals surface area contributed by atoms with E-state index >= 15 is 0 Å². The highest BCUT2D eigenvalue weighted by Gasteiger charge is 2.52. The lowest BCUT2D eigenvalue weighted by Gasteiger charge is -2.43. The quantitative estimate of drug-likeness (QED) is 0.0411. The molecule has 6 N–H and O–H groups in total. The van der Waals surface area contributed by atoms with E-state index < -0.39 is 63.2 Å². The summed E-state index contributed by atoms with van der Waals surface area (Å²) >= 11 is 0. The van der Waals surface area contributed by atoms with E-state index in [1.165, 1.54) is 74.6 Å². The lowest BCUT2D eigenvalue weighted by Crippen LogP contribution is -2.62. The highest BCUT2D eigenvalue weighted by Crippen LogP contribution is 2.42. The van der Waals surface area contributed by atoms with Gasteiger partial charge in [-0.15, -0.1) is 0 Å². The molecule has 50 heavy (non-hydrogen) atoms. The van der Waals surface area contributed by atoms with Gasteiger partial charge in [-0.05, 0) is 42.7 Å². The number of allylic oxidation sites excluding steroid dienone is 5. The maximum absolute atomic E-state index is 12.9. The molecule has 14 heteroatoms. The van der Waals surface area contributed by atoms with Gasteiger partial charge >= 0.3 is 19.8 Å². The number of aliphatic hydroxyl groups excluding tert-OH is 2. The zero-order chi connectivity index (χ0) is 36.4. The SMILES string of the molecule is CCCCCCCC/C=C/C=C/C=C/C(=O)OC1C(Oc2ccc(C(O)CN)cc2)OC(COC(=O)c2ccccc2)C(O)C1OP(=O)(O)O. The molecule has 1 aliphatic heterocycles. The van der Waals surface area contributed by atoms with E-state index in [0.717, 1.165) is 18.9 Å². The van der Waals surface area contributed by atoms with Crippen LogP contribution in [-0.4, -0.2) is 75.8 Å². The number of aliphatic hydroxyl groups is 2. The van der Waals surface area contributed by atoms with Crippen molar-refractivity contribution >= 4 is 19.8 Å². The van der Waals surface area contributed by atoms with Crippen molar-refractivity contribution in [2.24, 2.45) is 5.73 Å². The Kier molecular flexibility index (Phi) is 17.6. The van der Waals surface area contributed by atoms with E-state index in [1.54, 1.807) is 30.4 Å². The molecule has 6 unspecified atom stereocenters. The molecule has 0 saturated carbocycles. The molecule has 3 rings (SSSR count). The van der Waals surface area contributed by atoms with Crippen LogP contribution < -0.4 is 10.5 Å². The lowest BCUT2D eigenvalue weighted by molar-refractivity contribution is -0.278. The molecule has 2 aromatic rings. The third-order valence-electron chi connectivity index (χ3n) is 7.68. The van der Waals surface area contributed by atoms with Crippen LogP contribution in [0.15, 0.2) is 91.1 Å². The molecule has 0 aromatic heterocycles. The molecule has 0 aliphatic carbocycles. The second kappa shape index (κ2) is 21.5. The fourth-order valence-corrected chi connectivity index (χ4v) is 5.60. The Bertz CT molecular complexity index is 1440. The zero-order valence-electron chi connectivity index (χ0n) is 28.1. The number of nitrogens with two attached hydrogens (primary N) is 1. The Balaban J connectivity index is 1.76. The van der Waals surface area contributed by atoms with Crippen LogP contribution in [0.3, 0.4) is 0 Å². The van der Waals surface area contributed by atoms with Crippen LogP contribution in [0, 0.1) is 0 Å². The minimum atomic E-state index is -5.29. The topological polar surface area (TPSA) is 204 Å². The number of ether oxygens (including phenoxy) is 4. The first-order valence-electron chi connectivity index (χ1n) is 16.7. The monoisotopic (exact) mass is 717 g/mol. The summed E-state index contributed by atoms with van der Waals surface area (Å²) in [6, 6.07) is 14.0. The first-order chi connectivity index (χ1) is 24.0. The van der Waals surface area contributed by atoms with Crippen molar-refractivity contribution in [1.82, 2.24) is 0 Å². The number of carbonyl (C=O) groups excluding carboxylic acids is 2. The van der Waals surface area contributed by atoms with E-state index in [9.17, 15) is 34.2 Å². The van der Waals surface area contributed by atoms with Gasteiger partial charge in [0.15, 0.2) is 6.10 Å². The first kappa shape index (κ1) is 40.8. The third-order valence-corrected chi connectivity index (χ3v) is 8.20. The number of esters is 2. The Morgan fingerprint density at radius 2 is 1.62 bits per heavy atom. The number of carbonyl (C=O) groups is 2. The Labute approximate surface area is 292 Å². The summed E-state index contributed by atoms with van der Waals surface area (Å²) < 4.78 is 39.6. The molecule has 1 fully saturated rings. The van der Waals surface area contributed by atoms with Gasteiger partial charge in [-0.3, -0.25) is 4.52 Å². The summed E-state index contributed by atoms with van der Waals surface area (Å²) in [7, 11) is -5.29. The largest absolute Gasteiger partial charge is 0.470 e. The van der Waals surface area contributed by atoms with E-state index in [1.807, 2.05) is 12.2 Å². The first-order valence-corrected chi connectivity index (χ1v) is 18.2. The molecule has 1 heterocycles. The summed E-state index contributed by atoms with van der Waals surface area (Å²) in [6.07, 6.45) is 8.49. The van der Waals surface area contributed by atoms with Crippen molar-refractivity contribution in [2.45, 2.75) is 88.7 Å². The maximum atomic E-state index is 12.9. The molecular formula is C36H48NO12P. The predicted molar refractivity (Wildman–Crippen MR) is 185 cm³/mol. The number of benzene rings is 2. The average molecular weight is 718 g/mol. The highest BCUT2D eigenvalue weighted by atomic mass is 31.2. The van der Waals surface area contributed by atoms with Gasteiger partial charge in [-0.2, -0.15) is 0 Å². The molecule has 1 saturated heterocycles. The van der Waals surface area contributed by atoms with Crippen LogP contribution in [0.2, 0.25) is 0 Å². The molecule has 274 valence electrons. The number of phosphoric ester groups is 1. The summed E-state index contributed by atoms with van der Waals surface area (Å²) in [5.41, 5.74) is 6.24. The van der Waals surface area contributed by atoms with Crippen LogP contribution in [0.25, 0.3) is 0 Å². The molecular weight excluding hydrogens is 669 g/mol. The van der Waals surface area contributed by atoms with Crippen molar-refractivity contribution in [3.05, 3.63) is 102 Å². The normalized spacial score (nSPS) is 21.8. The molecule has 13 nitrogen and oxygen atoms in total. The van der Waals surface area contributed by atoms with Gasteiger partial charge in [0.1, 0.15) is 30.7 Å². The standard InChI is InChI=1S/C36H48NO12P/c1-2-3-4-5-6-7-8-9-10-11-12-16-19-31(39)48-34-33(49-50(42,43)44)32(40)30(25-45-35(41)27-17-14-13-15-18-27)47-36(34)46-28-22-20-26(21-23-28)29(38)24-37/h9-23,29-30,32-34,36,38,40H,2-8,24-25,37H2,1H3,(H2,42,43,44)/b10-9+,12-11+,19-16+. The Morgan fingerprint density at radius 1 is 0.940 bits per heavy atom. The summed E-state index contributed by atoms with van der Waals surface area (Å²) in [6.45, 7) is 1.59. The van der Waals surface area contributed by atoms with Crippen molar-refractivity contribution in [1.29, 1.82) is 0 Å². The van der Waals surface area contributed by atoms with Crippen molar-refractivity contribution in [2.75, 3.05) is 13.2 Å². The van der Waals surface area contributed by atoms with Crippen molar-refractivity contribution in [3.63, 3.8) is 0 Å². The number of rotatable bonds is 20. The van der Waals surface area contributed by atoms with Crippen LogP contribution in [-0.2, 0) is 28.1 Å². The van der Waals surface area contributed by atoms with E-state index in [0.29, 0.717) is 5.56 Å². The van der Waals surface area contributed by atoms with Gasteiger partial charge in [0.2, 0.25) is 6.29 Å². The fourth-order valence-electron chi connectivity index (χ4n) is 5.03. The van der Waals surface area contributed by atoms with Crippen LogP contribution in [0.5, 0.6) is 5.75 Å². The summed E-state index contributed by atoms with van der Waals surface area (Å²) in [5, 5.41) is 21.2. The number of hydrogen-bond donors (Lipinski definition) is 5. The van der Waals surface area contributed by atoms with E-state index in [4.69, 9.17) is 29.2 Å². The molecule has 6 atom stereocenters. The lowest BCUT2D eigenvalue weighted by atomic mass is 9.99. The van der Waals surface area contributed by atoms with Crippen molar-refractivity contribution in [3.8, 4) is 5.75 Å². The minimum Gasteiger partial charge on any atom is -0.461 e. The van der Waals surface area contributed by atoms with Gasteiger partial charge < -0.3 is 44.7 Å². The Hall–Kier alpha value is -3.65.